The van der Waals surface area contributed by atoms with Gasteiger partial charge in [-0.05, 0) is 45.2 Å². The molecule has 0 radical (unpaired) electrons. The maximum Gasteiger partial charge on any atom is 0.241 e. The molecule has 1 amide bonds. The van der Waals surface area contributed by atoms with Gasteiger partial charge in [-0.15, -0.1) is 0 Å². The van der Waals surface area contributed by atoms with Crippen LogP contribution in [0, 0.1) is 0 Å². The molecule has 1 aliphatic heterocycles. The summed E-state index contributed by atoms with van der Waals surface area (Å²) in [6.07, 6.45) is 3.15. The number of rotatable bonds is 4. The second-order valence-electron chi connectivity index (χ2n) is 5.00. The van der Waals surface area contributed by atoms with Crippen LogP contribution in [0.2, 0.25) is 0 Å². The minimum Gasteiger partial charge on any atom is -0.494 e. The molecule has 2 unspecified atom stereocenters. The van der Waals surface area contributed by atoms with Crippen LogP contribution in [-0.2, 0) is 4.79 Å². The molecule has 2 N–H and O–H groups in total. The molecule has 1 heterocycles. The van der Waals surface area contributed by atoms with Crippen molar-refractivity contribution in [2.24, 2.45) is 0 Å². The van der Waals surface area contributed by atoms with Crippen molar-refractivity contribution in [3.05, 3.63) is 24.3 Å². The largest absolute Gasteiger partial charge is 0.494 e. The number of ether oxygens (including phenoxy) is 1. The Kier molecular flexibility index (Phi) is 4.80. The zero-order valence-corrected chi connectivity index (χ0v) is 11.6. The molecule has 0 saturated carbocycles. The Balaban J connectivity index is 1.96. The van der Waals surface area contributed by atoms with Gasteiger partial charge in [-0.1, -0.05) is 6.07 Å². The van der Waals surface area contributed by atoms with E-state index in [1.54, 1.807) is 0 Å². The van der Waals surface area contributed by atoms with Crippen LogP contribution in [0.3, 0.4) is 0 Å². The zero-order valence-electron chi connectivity index (χ0n) is 11.6. The van der Waals surface area contributed by atoms with Gasteiger partial charge in [-0.2, -0.15) is 0 Å². The van der Waals surface area contributed by atoms with Gasteiger partial charge in [0.2, 0.25) is 5.91 Å². The van der Waals surface area contributed by atoms with Gasteiger partial charge in [0.25, 0.3) is 0 Å². The lowest BCUT2D eigenvalue weighted by Gasteiger charge is -2.27. The number of anilines is 1. The van der Waals surface area contributed by atoms with Crippen molar-refractivity contribution in [1.82, 2.24) is 5.32 Å². The summed E-state index contributed by atoms with van der Waals surface area (Å²) < 4.78 is 5.42. The molecule has 4 nitrogen and oxygen atoms in total. The van der Waals surface area contributed by atoms with Gasteiger partial charge in [0.15, 0.2) is 0 Å². The van der Waals surface area contributed by atoms with Gasteiger partial charge < -0.3 is 15.4 Å². The Bertz CT molecular complexity index is 434. The van der Waals surface area contributed by atoms with Gasteiger partial charge in [0.05, 0.1) is 12.6 Å². The van der Waals surface area contributed by atoms with Crippen LogP contribution in [0.25, 0.3) is 0 Å². The lowest BCUT2D eigenvalue weighted by atomic mass is 9.99. The van der Waals surface area contributed by atoms with Crippen LogP contribution < -0.4 is 15.4 Å². The number of amides is 1. The van der Waals surface area contributed by atoms with Crippen LogP contribution >= 0.6 is 0 Å². The Morgan fingerprint density at radius 3 is 3.05 bits per heavy atom. The third-order valence-corrected chi connectivity index (χ3v) is 3.34. The first-order valence-corrected chi connectivity index (χ1v) is 6.99. The molecule has 0 bridgehead atoms. The molecule has 2 atom stereocenters. The van der Waals surface area contributed by atoms with E-state index >= 15 is 0 Å². The minimum absolute atomic E-state index is 0.0419. The van der Waals surface area contributed by atoms with E-state index in [-0.39, 0.29) is 11.9 Å². The fraction of sp³-hybridized carbons (Fsp3) is 0.533. The van der Waals surface area contributed by atoms with E-state index in [2.05, 4.69) is 17.6 Å². The fourth-order valence-electron chi connectivity index (χ4n) is 2.40. The van der Waals surface area contributed by atoms with Gasteiger partial charge in [0.1, 0.15) is 5.75 Å². The van der Waals surface area contributed by atoms with Crippen molar-refractivity contribution >= 4 is 11.6 Å². The quantitative estimate of drug-likeness (QED) is 0.876. The molecular formula is C15H22N2O2. The van der Waals surface area contributed by atoms with E-state index in [0.717, 1.165) is 30.7 Å². The van der Waals surface area contributed by atoms with Crippen LogP contribution in [0.5, 0.6) is 5.75 Å². The monoisotopic (exact) mass is 262 g/mol. The zero-order chi connectivity index (χ0) is 13.7. The summed E-state index contributed by atoms with van der Waals surface area (Å²) in [5.74, 6) is 0.825. The highest BCUT2D eigenvalue weighted by Crippen LogP contribution is 2.19. The molecule has 4 heteroatoms. The number of carbonyl (C=O) groups excluding carboxylic acids is 1. The molecular weight excluding hydrogens is 240 g/mol. The second-order valence-corrected chi connectivity index (χ2v) is 5.00. The van der Waals surface area contributed by atoms with Crippen molar-refractivity contribution in [3.8, 4) is 5.75 Å². The number of nitrogens with one attached hydrogen (secondary N) is 2. The van der Waals surface area contributed by atoms with E-state index in [4.69, 9.17) is 4.74 Å². The molecule has 0 spiro atoms. The summed E-state index contributed by atoms with van der Waals surface area (Å²) in [6.45, 7) is 4.69. The number of hydrogen-bond donors (Lipinski definition) is 2. The Morgan fingerprint density at radius 2 is 2.32 bits per heavy atom. The van der Waals surface area contributed by atoms with Crippen LogP contribution in [0.15, 0.2) is 24.3 Å². The SMILES string of the molecule is CCOc1cccc(NC(=O)C2CCCC(C)N2)c1. The summed E-state index contributed by atoms with van der Waals surface area (Å²) >= 11 is 0. The van der Waals surface area contributed by atoms with Crippen molar-refractivity contribution in [3.63, 3.8) is 0 Å². The van der Waals surface area contributed by atoms with Crippen molar-refractivity contribution in [1.29, 1.82) is 0 Å². The average Bonchev–Trinajstić information content (AvgIpc) is 2.39. The number of benzene rings is 1. The summed E-state index contributed by atoms with van der Waals surface area (Å²) in [6, 6.07) is 7.84. The first-order chi connectivity index (χ1) is 9.19. The average molecular weight is 262 g/mol. The number of carbonyl (C=O) groups is 1. The highest BCUT2D eigenvalue weighted by Gasteiger charge is 2.24. The molecule has 0 aromatic heterocycles. The number of hydrogen-bond acceptors (Lipinski definition) is 3. The summed E-state index contributed by atoms with van der Waals surface area (Å²) in [5, 5.41) is 6.28. The van der Waals surface area contributed by atoms with Gasteiger partial charge in [-0.25, -0.2) is 0 Å². The Hall–Kier alpha value is -1.55. The van der Waals surface area contributed by atoms with Crippen LogP contribution in [0.4, 0.5) is 5.69 Å². The van der Waals surface area contributed by atoms with Crippen molar-refractivity contribution in [2.45, 2.75) is 45.2 Å². The Morgan fingerprint density at radius 1 is 1.47 bits per heavy atom. The molecule has 1 fully saturated rings. The van der Waals surface area contributed by atoms with Gasteiger partial charge in [-0.3, -0.25) is 4.79 Å². The summed E-state index contributed by atoms with van der Waals surface area (Å²) in [7, 11) is 0. The van der Waals surface area contributed by atoms with Crippen molar-refractivity contribution < 1.29 is 9.53 Å². The maximum absolute atomic E-state index is 12.2. The molecule has 2 rings (SSSR count). The van der Waals surface area contributed by atoms with E-state index < -0.39 is 0 Å². The standard InChI is InChI=1S/C15H22N2O2/c1-3-19-13-8-5-7-12(10-13)17-15(18)14-9-4-6-11(2)16-14/h5,7-8,10-11,14,16H,3-4,6,9H2,1-2H3,(H,17,18). The molecule has 0 aliphatic carbocycles. The molecule has 1 aromatic carbocycles. The minimum atomic E-state index is -0.0838. The molecule has 19 heavy (non-hydrogen) atoms. The smallest absolute Gasteiger partial charge is 0.241 e. The highest BCUT2D eigenvalue weighted by atomic mass is 16.5. The number of piperidine rings is 1. The first kappa shape index (κ1) is 13.9. The highest BCUT2D eigenvalue weighted by molar-refractivity contribution is 5.95. The normalized spacial score (nSPS) is 22.8. The third kappa shape index (κ3) is 3.96. The molecule has 1 aliphatic rings. The van der Waals surface area contributed by atoms with E-state index in [0.29, 0.717) is 12.6 Å². The Labute approximate surface area is 114 Å². The predicted octanol–water partition coefficient (Wildman–Crippen LogP) is 2.55. The predicted molar refractivity (Wildman–Crippen MR) is 76.5 cm³/mol. The topological polar surface area (TPSA) is 50.4 Å². The van der Waals surface area contributed by atoms with Crippen molar-refractivity contribution in [2.75, 3.05) is 11.9 Å². The lowest BCUT2D eigenvalue weighted by molar-refractivity contribution is -0.118. The maximum atomic E-state index is 12.2. The molecule has 104 valence electrons. The first-order valence-electron chi connectivity index (χ1n) is 6.99. The fourth-order valence-corrected chi connectivity index (χ4v) is 2.40. The molecule has 1 aromatic rings. The summed E-state index contributed by atoms with van der Waals surface area (Å²) in [5.41, 5.74) is 0.788. The van der Waals surface area contributed by atoms with Gasteiger partial charge >= 0.3 is 0 Å². The lowest BCUT2D eigenvalue weighted by Crippen LogP contribution is -2.47. The molecule has 1 saturated heterocycles. The second kappa shape index (κ2) is 6.57. The van der Waals surface area contributed by atoms with Gasteiger partial charge in [0, 0.05) is 17.8 Å². The van der Waals surface area contributed by atoms with E-state index in [1.807, 2.05) is 31.2 Å². The third-order valence-electron chi connectivity index (χ3n) is 3.34. The van der Waals surface area contributed by atoms with Crippen LogP contribution in [-0.4, -0.2) is 24.6 Å². The van der Waals surface area contributed by atoms with E-state index in [1.165, 1.54) is 0 Å². The summed E-state index contributed by atoms with van der Waals surface area (Å²) in [4.78, 5) is 12.2. The van der Waals surface area contributed by atoms with E-state index in [9.17, 15) is 4.79 Å². The van der Waals surface area contributed by atoms with Crippen LogP contribution in [0.1, 0.15) is 33.1 Å².